The molecule has 0 aliphatic heterocycles. The van der Waals surface area contributed by atoms with Crippen molar-refractivity contribution in [1.29, 1.82) is 0 Å². The molecular formula is C27H30N2O4. The molecule has 0 spiro atoms. The summed E-state index contributed by atoms with van der Waals surface area (Å²) < 4.78 is 16.6. The molecule has 1 amide bonds. The Hall–Kier alpha value is -3.80. The first-order chi connectivity index (χ1) is 15.9. The second kappa shape index (κ2) is 11.2. The van der Waals surface area contributed by atoms with E-state index in [1.807, 2.05) is 12.1 Å². The number of amides is 1. The highest BCUT2D eigenvalue weighted by Crippen LogP contribution is 2.28. The number of benzene rings is 3. The average Bonchev–Trinajstić information content (AvgIpc) is 2.82. The van der Waals surface area contributed by atoms with E-state index in [1.54, 1.807) is 44.6 Å². The van der Waals surface area contributed by atoms with Gasteiger partial charge in [0.1, 0.15) is 23.9 Å². The molecule has 3 rings (SSSR count). The molecule has 0 unspecified atom stereocenters. The SMILES string of the molecule is COc1ccc(/C=N/NC(=O)c2ccc(COc3cc(C)ccc3C(C)C)cc2)c(OC)c1. The lowest BCUT2D eigenvalue weighted by molar-refractivity contribution is 0.0955. The minimum absolute atomic E-state index is 0.299. The first-order valence-corrected chi connectivity index (χ1v) is 10.8. The van der Waals surface area contributed by atoms with E-state index in [0.717, 1.165) is 22.4 Å². The van der Waals surface area contributed by atoms with Gasteiger partial charge in [0, 0.05) is 17.2 Å². The second-order valence-corrected chi connectivity index (χ2v) is 7.99. The van der Waals surface area contributed by atoms with Crippen LogP contribution >= 0.6 is 0 Å². The van der Waals surface area contributed by atoms with Crippen LogP contribution in [0.15, 0.2) is 65.8 Å². The predicted molar refractivity (Wildman–Crippen MR) is 131 cm³/mol. The third kappa shape index (κ3) is 6.35. The number of hydrogen-bond acceptors (Lipinski definition) is 5. The van der Waals surface area contributed by atoms with Gasteiger partial charge in [-0.05, 0) is 59.9 Å². The highest BCUT2D eigenvalue weighted by atomic mass is 16.5. The van der Waals surface area contributed by atoms with Gasteiger partial charge in [0.2, 0.25) is 0 Å². The Morgan fingerprint density at radius 3 is 2.39 bits per heavy atom. The van der Waals surface area contributed by atoms with Crippen molar-refractivity contribution in [2.45, 2.75) is 33.3 Å². The van der Waals surface area contributed by atoms with Crippen molar-refractivity contribution >= 4 is 12.1 Å². The normalized spacial score (nSPS) is 11.0. The van der Waals surface area contributed by atoms with Crippen LogP contribution in [-0.2, 0) is 6.61 Å². The number of ether oxygens (including phenoxy) is 3. The van der Waals surface area contributed by atoms with E-state index in [0.29, 0.717) is 29.6 Å². The fourth-order valence-corrected chi connectivity index (χ4v) is 3.31. The van der Waals surface area contributed by atoms with E-state index >= 15 is 0 Å². The van der Waals surface area contributed by atoms with Crippen LogP contribution in [0.2, 0.25) is 0 Å². The fourth-order valence-electron chi connectivity index (χ4n) is 3.31. The van der Waals surface area contributed by atoms with Gasteiger partial charge in [0.25, 0.3) is 5.91 Å². The Morgan fingerprint density at radius 1 is 0.970 bits per heavy atom. The van der Waals surface area contributed by atoms with Gasteiger partial charge in [-0.25, -0.2) is 5.43 Å². The topological polar surface area (TPSA) is 69.2 Å². The van der Waals surface area contributed by atoms with E-state index in [4.69, 9.17) is 14.2 Å². The number of nitrogens with zero attached hydrogens (tertiary/aromatic N) is 1. The van der Waals surface area contributed by atoms with Gasteiger partial charge in [-0.1, -0.05) is 38.1 Å². The van der Waals surface area contributed by atoms with E-state index in [9.17, 15) is 4.79 Å². The first kappa shape index (κ1) is 23.9. The molecule has 0 radical (unpaired) electrons. The van der Waals surface area contributed by atoms with Crippen molar-refractivity contribution in [2.24, 2.45) is 5.10 Å². The number of rotatable bonds is 9. The Bertz CT molecular complexity index is 1120. The van der Waals surface area contributed by atoms with Crippen LogP contribution < -0.4 is 19.6 Å². The lowest BCUT2D eigenvalue weighted by Gasteiger charge is -2.15. The largest absolute Gasteiger partial charge is 0.497 e. The van der Waals surface area contributed by atoms with Gasteiger partial charge in [-0.15, -0.1) is 0 Å². The summed E-state index contributed by atoms with van der Waals surface area (Å²) in [5.41, 5.74) is 7.10. The lowest BCUT2D eigenvalue weighted by Crippen LogP contribution is -2.17. The van der Waals surface area contributed by atoms with Crippen molar-refractivity contribution in [1.82, 2.24) is 5.43 Å². The van der Waals surface area contributed by atoms with Crippen LogP contribution in [0.3, 0.4) is 0 Å². The van der Waals surface area contributed by atoms with Crippen LogP contribution in [0.25, 0.3) is 0 Å². The molecule has 0 aromatic heterocycles. The minimum Gasteiger partial charge on any atom is -0.497 e. The monoisotopic (exact) mass is 446 g/mol. The lowest BCUT2D eigenvalue weighted by atomic mass is 10.0. The first-order valence-electron chi connectivity index (χ1n) is 10.8. The summed E-state index contributed by atoms with van der Waals surface area (Å²) >= 11 is 0. The molecule has 0 heterocycles. The van der Waals surface area contributed by atoms with Crippen molar-refractivity contribution in [2.75, 3.05) is 14.2 Å². The van der Waals surface area contributed by atoms with E-state index in [-0.39, 0.29) is 5.91 Å². The Balaban J connectivity index is 1.60. The maximum absolute atomic E-state index is 12.4. The summed E-state index contributed by atoms with van der Waals surface area (Å²) in [4.78, 5) is 12.4. The summed E-state index contributed by atoms with van der Waals surface area (Å²) in [6.45, 7) is 6.79. The number of hydrazone groups is 1. The average molecular weight is 447 g/mol. The van der Waals surface area contributed by atoms with Crippen molar-refractivity contribution in [3.63, 3.8) is 0 Å². The summed E-state index contributed by atoms with van der Waals surface area (Å²) in [7, 11) is 3.16. The molecule has 0 aliphatic carbocycles. The van der Waals surface area contributed by atoms with Crippen LogP contribution in [0, 0.1) is 6.92 Å². The molecule has 3 aromatic carbocycles. The fraction of sp³-hybridized carbons (Fsp3) is 0.259. The smallest absolute Gasteiger partial charge is 0.271 e. The van der Waals surface area contributed by atoms with Gasteiger partial charge in [0.15, 0.2) is 0 Å². The zero-order chi connectivity index (χ0) is 23.8. The van der Waals surface area contributed by atoms with Crippen molar-refractivity contribution in [3.05, 3.63) is 88.5 Å². The standard InChI is InChI=1S/C27H30N2O4/c1-18(2)24-13-6-19(3)14-26(24)33-17-20-7-9-21(10-8-20)27(30)29-28-16-22-11-12-23(31-4)15-25(22)32-5/h6-16,18H,17H2,1-5H3,(H,29,30)/b28-16+. The van der Waals surface area contributed by atoms with E-state index in [2.05, 4.69) is 49.5 Å². The van der Waals surface area contributed by atoms with Crippen LogP contribution in [0.1, 0.15) is 52.4 Å². The maximum atomic E-state index is 12.4. The molecular weight excluding hydrogens is 416 g/mol. The Kier molecular flexibility index (Phi) is 8.08. The third-order valence-electron chi connectivity index (χ3n) is 5.21. The third-order valence-corrected chi connectivity index (χ3v) is 5.21. The number of hydrogen-bond donors (Lipinski definition) is 1. The molecule has 3 aromatic rings. The maximum Gasteiger partial charge on any atom is 0.271 e. The molecule has 1 N–H and O–H groups in total. The quantitative estimate of drug-likeness (QED) is 0.349. The minimum atomic E-state index is -0.299. The van der Waals surface area contributed by atoms with E-state index < -0.39 is 0 Å². The van der Waals surface area contributed by atoms with Gasteiger partial charge in [0.05, 0.1) is 20.4 Å². The van der Waals surface area contributed by atoms with Crippen LogP contribution in [-0.4, -0.2) is 26.3 Å². The Labute approximate surface area is 195 Å². The summed E-state index contributed by atoms with van der Waals surface area (Å²) in [6, 6.07) is 18.9. The molecule has 0 saturated heterocycles. The number of nitrogens with one attached hydrogen (secondary N) is 1. The molecule has 6 nitrogen and oxygen atoms in total. The summed E-state index contributed by atoms with van der Waals surface area (Å²) in [5.74, 6) is 2.26. The van der Waals surface area contributed by atoms with Crippen molar-refractivity contribution in [3.8, 4) is 17.2 Å². The molecule has 0 atom stereocenters. The number of aryl methyl sites for hydroxylation is 1. The van der Waals surface area contributed by atoms with Gasteiger partial charge < -0.3 is 14.2 Å². The number of methoxy groups -OCH3 is 2. The predicted octanol–water partition coefficient (Wildman–Crippen LogP) is 5.48. The van der Waals surface area contributed by atoms with Crippen LogP contribution in [0.4, 0.5) is 0 Å². The molecule has 33 heavy (non-hydrogen) atoms. The zero-order valence-electron chi connectivity index (χ0n) is 19.7. The van der Waals surface area contributed by atoms with Gasteiger partial charge >= 0.3 is 0 Å². The number of carbonyl (C=O) groups is 1. The highest BCUT2D eigenvalue weighted by molar-refractivity contribution is 5.95. The van der Waals surface area contributed by atoms with Gasteiger partial charge in [-0.2, -0.15) is 5.10 Å². The van der Waals surface area contributed by atoms with Crippen molar-refractivity contribution < 1.29 is 19.0 Å². The molecule has 0 fully saturated rings. The van der Waals surface area contributed by atoms with Gasteiger partial charge in [-0.3, -0.25) is 4.79 Å². The Morgan fingerprint density at radius 2 is 1.73 bits per heavy atom. The van der Waals surface area contributed by atoms with E-state index in [1.165, 1.54) is 11.8 Å². The molecule has 0 bridgehead atoms. The second-order valence-electron chi connectivity index (χ2n) is 7.99. The summed E-state index contributed by atoms with van der Waals surface area (Å²) in [6.07, 6.45) is 1.53. The molecule has 0 aliphatic rings. The number of carbonyl (C=O) groups excluding carboxylic acids is 1. The molecule has 172 valence electrons. The molecule has 0 saturated carbocycles. The van der Waals surface area contributed by atoms with Crippen LogP contribution in [0.5, 0.6) is 17.2 Å². The highest BCUT2D eigenvalue weighted by Gasteiger charge is 2.09. The summed E-state index contributed by atoms with van der Waals surface area (Å²) in [5, 5.41) is 4.04. The zero-order valence-corrected chi connectivity index (χ0v) is 19.7. The molecule has 6 heteroatoms.